The van der Waals surface area contributed by atoms with Gasteiger partial charge in [-0.05, 0) is 27.2 Å². The molecule has 2 amide bonds. The molecule has 6 nitrogen and oxygen atoms in total. The van der Waals surface area contributed by atoms with Crippen molar-refractivity contribution in [2.45, 2.75) is 52.1 Å². The first-order valence-electron chi connectivity index (χ1n) is 7.70. The smallest absolute Gasteiger partial charge is 0.315 e. The summed E-state index contributed by atoms with van der Waals surface area (Å²) in [6.07, 6.45) is 5.50. The van der Waals surface area contributed by atoms with Crippen LogP contribution in [0.25, 0.3) is 0 Å². The lowest BCUT2D eigenvalue weighted by atomic mass is 9.96. The van der Waals surface area contributed by atoms with Gasteiger partial charge in [0.25, 0.3) is 0 Å². The number of carbonyl (C=O) groups excluding carboxylic acids is 1. The lowest BCUT2D eigenvalue weighted by molar-refractivity contribution is 0.239. The van der Waals surface area contributed by atoms with Gasteiger partial charge < -0.3 is 10.6 Å². The maximum Gasteiger partial charge on any atom is 0.315 e. The second-order valence-electron chi connectivity index (χ2n) is 5.55. The number of hydrogen-bond acceptors (Lipinski definition) is 3. The molecule has 0 saturated carbocycles. The summed E-state index contributed by atoms with van der Waals surface area (Å²) >= 11 is 0. The predicted octanol–water partition coefficient (Wildman–Crippen LogP) is 2.14. The molecule has 0 radical (unpaired) electrons. The van der Waals surface area contributed by atoms with Gasteiger partial charge in [0, 0.05) is 29.8 Å². The van der Waals surface area contributed by atoms with Crippen molar-refractivity contribution in [2.75, 3.05) is 6.54 Å². The molecule has 22 heavy (non-hydrogen) atoms. The van der Waals surface area contributed by atoms with Crippen molar-refractivity contribution in [3.63, 3.8) is 0 Å². The number of nitrogens with one attached hydrogen (secondary N) is 2. The second-order valence-corrected chi connectivity index (χ2v) is 5.55. The zero-order valence-electron chi connectivity index (χ0n) is 13.4. The van der Waals surface area contributed by atoms with Crippen LogP contribution in [0.5, 0.6) is 0 Å². The van der Waals surface area contributed by atoms with E-state index < -0.39 is 0 Å². The molecule has 1 aliphatic rings. The molecule has 1 heterocycles. The van der Waals surface area contributed by atoms with E-state index in [-0.39, 0.29) is 18.0 Å². The van der Waals surface area contributed by atoms with Gasteiger partial charge in [0.05, 0.1) is 24.7 Å². The van der Waals surface area contributed by atoms with Crippen LogP contribution in [0.15, 0.2) is 12.2 Å². The first-order valence-corrected chi connectivity index (χ1v) is 7.70. The SMILES string of the molecule is CCNC(=O)N[C@@H]1C=C[C@@H](c2c(C)nn(CCC#N)c2C)C1. The molecule has 0 spiro atoms. The summed E-state index contributed by atoms with van der Waals surface area (Å²) < 4.78 is 1.91. The summed E-state index contributed by atoms with van der Waals surface area (Å²) in [6, 6.07) is 2.08. The van der Waals surface area contributed by atoms with Gasteiger partial charge in [0.15, 0.2) is 0 Å². The summed E-state index contributed by atoms with van der Waals surface area (Å²) in [5.41, 5.74) is 3.33. The summed E-state index contributed by atoms with van der Waals surface area (Å²) in [5, 5.41) is 19.0. The van der Waals surface area contributed by atoms with Gasteiger partial charge in [-0.25, -0.2) is 4.79 Å². The van der Waals surface area contributed by atoms with E-state index in [1.807, 2.05) is 31.5 Å². The zero-order valence-corrected chi connectivity index (χ0v) is 13.4. The Labute approximate surface area is 131 Å². The topological polar surface area (TPSA) is 82.7 Å². The number of rotatable bonds is 5. The fourth-order valence-corrected chi connectivity index (χ4v) is 3.02. The van der Waals surface area contributed by atoms with Crippen LogP contribution in [0.2, 0.25) is 0 Å². The predicted molar refractivity (Wildman–Crippen MR) is 84.4 cm³/mol. The van der Waals surface area contributed by atoms with E-state index in [2.05, 4.69) is 27.9 Å². The third kappa shape index (κ3) is 3.48. The molecule has 0 fully saturated rings. The summed E-state index contributed by atoms with van der Waals surface area (Å²) in [7, 11) is 0. The highest BCUT2D eigenvalue weighted by Gasteiger charge is 2.26. The Morgan fingerprint density at radius 1 is 1.50 bits per heavy atom. The van der Waals surface area contributed by atoms with E-state index in [0.717, 1.165) is 17.8 Å². The first-order chi connectivity index (χ1) is 10.6. The molecule has 0 saturated heterocycles. The molecular weight excluding hydrogens is 278 g/mol. The van der Waals surface area contributed by atoms with Crippen LogP contribution >= 0.6 is 0 Å². The van der Waals surface area contributed by atoms with Gasteiger partial charge in [-0.2, -0.15) is 10.4 Å². The first kappa shape index (κ1) is 16.1. The summed E-state index contributed by atoms with van der Waals surface area (Å²) in [5.74, 6) is 0.266. The van der Waals surface area contributed by atoms with Gasteiger partial charge in [0.1, 0.15) is 0 Å². The molecule has 0 aliphatic heterocycles. The van der Waals surface area contributed by atoms with Gasteiger partial charge in [-0.15, -0.1) is 0 Å². The average Bonchev–Trinajstić information content (AvgIpc) is 3.01. The minimum atomic E-state index is -0.129. The third-order valence-corrected chi connectivity index (χ3v) is 3.98. The normalized spacial score (nSPS) is 19.9. The quantitative estimate of drug-likeness (QED) is 0.817. The van der Waals surface area contributed by atoms with E-state index >= 15 is 0 Å². The van der Waals surface area contributed by atoms with Crippen molar-refractivity contribution in [1.82, 2.24) is 20.4 Å². The van der Waals surface area contributed by atoms with Gasteiger partial charge in [0.2, 0.25) is 0 Å². The number of nitrogens with zero attached hydrogens (tertiary/aromatic N) is 3. The number of aryl methyl sites for hydroxylation is 2. The highest BCUT2D eigenvalue weighted by Crippen LogP contribution is 2.33. The van der Waals surface area contributed by atoms with Crippen molar-refractivity contribution >= 4 is 6.03 Å². The lowest BCUT2D eigenvalue weighted by Gasteiger charge is -2.15. The van der Waals surface area contributed by atoms with Crippen molar-refractivity contribution in [2.24, 2.45) is 0 Å². The number of amides is 2. The monoisotopic (exact) mass is 301 g/mol. The standard InChI is InChI=1S/C16H23N5O/c1-4-18-16(22)19-14-7-6-13(10-14)15-11(2)20-21(12(15)3)9-5-8-17/h6-7,13-14H,4-5,9-10H2,1-3H3,(H2,18,19,22)/t13-,14-/m1/s1. The Kier molecular flexibility index (Phi) is 5.21. The number of carbonyl (C=O) groups is 1. The van der Waals surface area contributed by atoms with Crippen LogP contribution < -0.4 is 10.6 Å². The van der Waals surface area contributed by atoms with E-state index in [9.17, 15) is 4.79 Å². The Hall–Kier alpha value is -2.29. The zero-order chi connectivity index (χ0) is 16.1. The molecule has 0 aromatic carbocycles. The Bertz CT molecular complexity index is 611. The van der Waals surface area contributed by atoms with E-state index in [0.29, 0.717) is 19.5 Å². The Morgan fingerprint density at radius 3 is 2.95 bits per heavy atom. The summed E-state index contributed by atoms with van der Waals surface area (Å²) in [6.45, 7) is 7.19. The van der Waals surface area contributed by atoms with Crippen molar-refractivity contribution < 1.29 is 4.79 Å². The minimum absolute atomic E-state index is 0.0535. The highest BCUT2D eigenvalue weighted by molar-refractivity contribution is 5.74. The largest absolute Gasteiger partial charge is 0.338 e. The second kappa shape index (κ2) is 7.12. The molecule has 1 aromatic rings. The molecule has 6 heteroatoms. The van der Waals surface area contributed by atoms with Crippen LogP contribution in [0.1, 0.15) is 42.6 Å². The molecular formula is C16H23N5O. The molecule has 1 aromatic heterocycles. The molecule has 2 rings (SSSR count). The van der Waals surface area contributed by atoms with E-state index in [1.54, 1.807) is 0 Å². The Balaban J connectivity index is 2.05. The molecule has 118 valence electrons. The van der Waals surface area contributed by atoms with Crippen molar-refractivity contribution in [3.8, 4) is 6.07 Å². The number of aromatic nitrogens is 2. The third-order valence-electron chi connectivity index (χ3n) is 3.98. The maximum absolute atomic E-state index is 11.6. The Morgan fingerprint density at radius 2 is 2.27 bits per heavy atom. The fourth-order valence-electron chi connectivity index (χ4n) is 3.02. The number of nitriles is 1. The van der Waals surface area contributed by atoms with Gasteiger partial charge in [-0.3, -0.25) is 4.68 Å². The van der Waals surface area contributed by atoms with E-state index in [4.69, 9.17) is 5.26 Å². The highest BCUT2D eigenvalue weighted by atomic mass is 16.2. The minimum Gasteiger partial charge on any atom is -0.338 e. The summed E-state index contributed by atoms with van der Waals surface area (Å²) in [4.78, 5) is 11.6. The average molecular weight is 301 g/mol. The van der Waals surface area contributed by atoms with Crippen molar-refractivity contribution in [3.05, 3.63) is 29.1 Å². The molecule has 0 unspecified atom stereocenters. The molecule has 1 aliphatic carbocycles. The van der Waals surface area contributed by atoms with Crippen LogP contribution in [-0.2, 0) is 6.54 Å². The molecule has 0 bridgehead atoms. The maximum atomic E-state index is 11.6. The fraction of sp³-hybridized carbons (Fsp3) is 0.562. The van der Waals surface area contributed by atoms with Crippen molar-refractivity contribution in [1.29, 1.82) is 5.26 Å². The van der Waals surface area contributed by atoms with Crippen LogP contribution in [-0.4, -0.2) is 28.4 Å². The van der Waals surface area contributed by atoms with Crippen LogP contribution in [0.3, 0.4) is 0 Å². The number of allylic oxidation sites excluding steroid dienone is 1. The van der Waals surface area contributed by atoms with Gasteiger partial charge in [-0.1, -0.05) is 12.2 Å². The molecule has 2 atom stereocenters. The van der Waals surface area contributed by atoms with E-state index in [1.165, 1.54) is 5.56 Å². The number of hydrogen-bond donors (Lipinski definition) is 2. The van der Waals surface area contributed by atoms with Crippen LogP contribution in [0, 0.1) is 25.2 Å². The van der Waals surface area contributed by atoms with Crippen LogP contribution in [0.4, 0.5) is 4.79 Å². The molecule has 2 N–H and O–H groups in total. The lowest BCUT2D eigenvalue weighted by Crippen LogP contribution is -2.40. The van der Waals surface area contributed by atoms with Gasteiger partial charge >= 0.3 is 6.03 Å². The number of urea groups is 1.